The Morgan fingerprint density at radius 2 is 0.857 bits per heavy atom. The second-order valence-electron chi connectivity index (χ2n) is 9.06. The van der Waals surface area contributed by atoms with Crippen molar-refractivity contribution in [2.45, 2.75) is 76.6 Å². The average Bonchev–Trinajstić information content (AvgIpc) is 2.25. The smallest absolute Gasteiger partial charge is 0.169 e. The summed E-state index contributed by atoms with van der Waals surface area (Å²) in [6.07, 6.45) is 1.22. The van der Waals surface area contributed by atoms with Gasteiger partial charge in [0, 0.05) is 4.28 Å². The van der Waals surface area contributed by atoms with Crippen LogP contribution in [0.3, 0.4) is 0 Å². The molecule has 0 amide bonds. The zero-order valence-electron chi connectivity index (χ0n) is 16.1. The summed E-state index contributed by atoms with van der Waals surface area (Å²) in [5, 5.41) is 0. The van der Waals surface area contributed by atoms with Gasteiger partial charge in [0.25, 0.3) is 0 Å². The molecule has 0 heterocycles. The van der Waals surface area contributed by atoms with Gasteiger partial charge in [0.05, 0.1) is 0 Å². The standard InChI is InChI=1S/C12H38O3Si6/c1-11-12(16-13-19(2,3)4,17-14-20(5,6)7)18-15-21(8,9)10/h11,16-18H2,1-10H3. The Morgan fingerprint density at radius 3 is 1.00 bits per heavy atom. The molecule has 0 aliphatic carbocycles. The van der Waals surface area contributed by atoms with Crippen molar-refractivity contribution in [2.24, 2.45) is 0 Å². The molecule has 0 aromatic heterocycles. The summed E-state index contributed by atoms with van der Waals surface area (Å²) in [5.41, 5.74) is 0. The lowest BCUT2D eigenvalue weighted by molar-refractivity contribution is 0.519. The Balaban J connectivity index is 4.91. The minimum Gasteiger partial charge on any atom is -0.461 e. The summed E-state index contributed by atoms with van der Waals surface area (Å²) in [6.45, 7) is 23.1. The van der Waals surface area contributed by atoms with E-state index in [2.05, 4.69) is 65.8 Å². The van der Waals surface area contributed by atoms with Crippen molar-refractivity contribution in [3.8, 4) is 0 Å². The van der Waals surface area contributed by atoms with Crippen LogP contribution in [-0.4, -0.2) is 54.2 Å². The Labute approximate surface area is 143 Å². The maximum Gasteiger partial charge on any atom is 0.169 e. The van der Waals surface area contributed by atoms with Crippen molar-refractivity contribution in [3.63, 3.8) is 0 Å². The fourth-order valence-electron chi connectivity index (χ4n) is 1.54. The summed E-state index contributed by atoms with van der Waals surface area (Å²) in [4.78, 5) is 0. The van der Waals surface area contributed by atoms with Gasteiger partial charge >= 0.3 is 0 Å². The zero-order chi connectivity index (χ0) is 16.9. The maximum absolute atomic E-state index is 6.43. The maximum atomic E-state index is 6.43. The fourth-order valence-corrected chi connectivity index (χ4v) is 17.5. The molecule has 9 heteroatoms. The first-order valence-electron chi connectivity index (χ1n) is 8.10. The van der Waals surface area contributed by atoms with Gasteiger partial charge in [0.15, 0.2) is 54.2 Å². The van der Waals surface area contributed by atoms with Crippen LogP contribution in [0.15, 0.2) is 0 Å². The molecule has 21 heavy (non-hydrogen) atoms. The van der Waals surface area contributed by atoms with E-state index < -0.39 is 54.2 Å². The first kappa shape index (κ1) is 22.2. The predicted molar refractivity (Wildman–Crippen MR) is 112 cm³/mol. The zero-order valence-corrected chi connectivity index (χ0v) is 23.3. The number of hydrogen-bond acceptors (Lipinski definition) is 3. The van der Waals surface area contributed by atoms with Crippen LogP contribution in [0.4, 0.5) is 0 Å². The molecule has 3 nitrogen and oxygen atoms in total. The highest BCUT2D eigenvalue weighted by molar-refractivity contribution is 6.86. The molecule has 0 aliphatic heterocycles. The molecule has 0 aromatic carbocycles. The van der Waals surface area contributed by atoms with Gasteiger partial charge in [-0.05, 0) is 58.9 Å². The molecule has 0 aromatic rings. The van der Waals surface area contributed by atoms with Gasteiger partial charge in [0.2, 0.25) is 0 Å². The topological polar surface area (TPSA) is 27.7 Å². The monoisotopic (exact) mass is 398 g/mol. The lowest BCUT2D eigenvalue weighted by Crippen LogP contribution is -2.46. The Hall–Kier alpha value is 1.18. The normalized spacial score (nSPS) is 18.6. The van der Waals surface area contributed by atoms with Gasteiger partial charge in [-0.2, -0.15) is 0 Å². The molecule has 0 unspecified atom stereocenters. The number of rotatable bonds is 10. The minimum absolute atomic E-state index is 0.417. The first-order valence-corrected chi connectivity index (χ1v) is 22.2. The molecule has 0 atom stereocenters. The van der Waals surface area contributed by atoms with Gasteiger partial charge in [-0.3, -0.25) is 0 Å². The molecule has 0 radical (unpaired) electrons. The van der Waals surface area contributed by atoms with E-state index in [-0.39, 0.29) is 0 Å². The van der Waals surface area contributed by atoms with Gasteiger partial charge in [0.1, 0.15) is 0 Å². The molecule has 0 aliphatic rings. The van der Waals surface area contributed by atoms with Crippen LogP contribution in [0, 0.1) is 0 Å². The first-order chi connectivity index (χ1) is 9.18. The Morgan fingerprint density at radius 1 is 0.619 bits per heavy atom. The van der Waals surface area contributed by atoms with Crippen LogP contribution < -0.4 is 0 Å². The summed E-state index contributed by atoms with van der Waals surface area (Å²) < 4.78 is 19.7. The van der Waals surface area contributed by atoms with Gasteiger partial charge in [-0.1, -0.05) is 13.3 Å². The van der Waals surface area contributed by atoms with Crippen LogP contribution in [-0.2, 0) is 12.3 Å². The van der Waals surface area contributed by atoms with Crippen LogP contribution in [0.25, 0.3) is 0 Å². The van der Waals surface area contributed by atoms with Gasteiger partial charge in [-0.25, -0.2) is 0 Å². The molecule has 0 saturated heterocycles. The molecular weight excluding hydrogens is 361 g/mol. The van der Waals surface area contributed by atoms with Crippen molar-refractivity contribution in [3.05, 3.63) is 0 Å². The second-order valence-corrected chi connectivity index (χ2v) is 33.6. The summed E-state index contributed by atoms with van der Waals surface area (Å²) >= 11 is 0. The molecule has 0 bridgehead atoms. The Bertz CT molecular complexity index is 260. The van der Waals surface area contributed by atoms with Crippen molar-refractivity contribution in [1.29, 1.82) is 0 Å². The molecule has 0 saturated carbocycles. The third-order valence-electron chi connectivity index (χ3n) is 3.18. The lowest BCUT2D eigenvalue weighted by atomic mass is 10.6. The van der Waals surface area contributed by atoms with E-state index in [9.17, 15) is 0 Å². The van der Waals surface area contributed by atoms with E-state index in [1.807, 2.05) is 0 Å². The average molecular weight is 399 g/mol. The van der Waals surface area contributed by atoms with Crippen molar-refractivity contribution in [1.82, 2.24) is 0 Å². The van der Waals surface area contributed by atoms with E-state index >= 15 is 0 Å². The van der Waals surface area contributed by atoms with Crippen LogP contribution >= 0.6 is 0 Å². The van der Waals surface area contributed by atoms with Gasteiger partial charge in [-0.15, -0.1) is 0 Å². The largest absolute Gasteiger partial charge is 0.461 e. The highest BCUT2D eigenvalue weighted by Gasteiger charge is 2.36. The number of hydrogen-bond donors (Lipinski definition) is 0. The molecule has 128 valence electrons. The van der Waals surface area contributed by atoms with Crippen molar-refractivity contribution >= 4 is 54.2 Å². The third kappa shape index (κ3) is 12.3. The van der Waals surface area contributed by atoms with E-state index in [1.165, 1.54) is 6.42 Å². The molecule has 0 fully saturated rings. The molecule has 0 N–H and O–H groups in total. The van der Waals surface area contributed by atoms with Gasteiger partial charge < -0.3 is 12.3 Å². The highest BCUT2D eigenvalue weighted by Crippen LogP contribution is 2.30. The Kier molecular flexibility index (Phi) is 8.80. The van der Waals surface area contributed by atoms with Crippen LogP contribution in [0.5, 0.6) is 0 Å². The molecule has 0 spiro atoms. The fraction of sp³-hybridized carbons (Fsp3) is 1.00. The SMILES string of the molecule is CCC([SiH2]O[Si](C)(C)C)([SiH2]O[Si](C)(C)C)[SiH2]O[Si](C)(C)C. The predicted octanol–water partition coefficient (Wildman–Crippen LogP) is 2.28. The van der Waals surface area contributed by atoms with Crippen molar-refractivity contribution in [2.75, 3.05) is 0 Å². The summed E-state index contributed by atoms with van der Waals surface area (Å²) in [7, 11) is -5.88. The minimum atomic E-state index is -1.42. The van der Waals surface area contributed by atoms with E-state index in [4.69, 9.17) is 12.3 Å². The van der Waals surface area contributed by atoms with E-state index in [1.54, 1.807) is 0 Å². The quantitative estimate of drug-likeness (QED) is 0.528. The third-order valence-corrected chi connectivity index (χ3v) is 22.3. The second kappa shape index (κ2) is 8.33. The molecule has 0 rings (SSSR count). The van der Waals surface area contributed by atoms with Crippen LogP contribution in [0.2, 0.25) is 63.2 Å². The van der Waals surface area contributed by atoms with E-state index in [0.717, 1.165) is 0 Å². The van der Waals surface area contributed by atoms with Crippen molar-refractivity contribution < 1.29 is 12.3 Å². The lowest BCUT2D eigenvalue weighted by Gasteiger charge is -2.37. The summed E-state index contributed by atoms with van der Waals surface area (Å²) in [5.74, 6) is 0. The summed E-state index contributed by atoms with van der Waals surface area (Å²) in [6, 6.07) is 0. The molecular formula is C12H38O3Si6. The highest BCUT2D eigenvalue weighted by atomic mass is 28.4. The van der Waals surface area contributed by atoms with E-state index in [0.29, 0.717) is 4.28 Å². The van der Waals surface area contributed by atoms with Crippen LogP contribution in [0.1, 0.15) is 13.3 Å².